The van der Waals surface area contributed by atoms with Gasteiger partial charge in [-0.05, 0) is 17.5 Å². The smallest absolute Gasteiger partial charge is 0.332 e. The van der Waals surface area contributed by atoms with Crippen LogP contribution in [0.25, 0.3) is 10.8 Å². The van der Waals surface area contributed by atoms with E-state index in [0.29, 0.717) is 11.1 Å². The highest BCUT2D eigenvalue weighted by molar-refractivity contribution is 9.09. The lowest BCUT2D eigenvalue weighted by Gasteiger charge is -2.10. The SMILES string of the molecule is COc1ccc(C(=O)C(=NOC(C)=O)C(=O)CBr)c2ccccc12. The lowest BCUT2D eigenvalue weighted by Crippen LogP contribution is -2.26. The third-order valence-electron chi connectivity index (χ3n) is 3.21. The van der Waals surface area contributed by atoms with Crippen LogP contribution in [0.3, 0.4) is 0 Å². The molecular formula is C17H14BrNO5. The van der Waals surface area contributed by atoms with Crippen LogP contribution in [0.1, 0.15) is 17.3 Å². The highest BCUT2D eigenvalue weighted by atomic mass is 79.9. The van der Waals surface area contributed by atoms with Gasteiger partial charge in [0.25, 0.3) is 0 Å². The molecule has 124 valence electrons. The van der Waals surface area contributed by atoms with E-state index in [2.05, 4.69) is 25.9 Å². The monoisotopic (exact) mass is 391 g/mol. The molecule has 0 radical (unpaired) electrons. The zero-order valence-corrected chi connectivity index (χ0v) is 14.6. The molecule has 0 unspecified atom stereocenters. The zero-order chi connectivity index (χ0) is 17.7. The van der Waals surface area contributed by atoms with E-state index in [1.807, 2.05) is 6.07 Å². The van der Waals surface area contributed by atoms with Crippen molar-refractivity contribution in [2.24, 2.45) is 5.16 Å². The molecule has 7 heteroatoms. The van der Waals surface area contributed by atoms with E-state index in [-0.39, 0.29) is 10.9 Å². The summed E-state index contributed by atoms with van der Waals surface area (Å²) in [5.41, 5.74) is -0.177. The summed E-state index contributed by atoms with van der Waals surface area (Å²) in [6, 6.07) is 10.3. The maximum atomic E-state index is 12.8. The minimum absolute atomic E-state index is 0.118. The van der Waals surface area contributed by atoms with Crippen LogP contribution in [0.5, 0.6) is 5.75 Å². The Morgan fingerprint density at radius 3 is 2.33 bits per heavy atom. The van der Waals surface area contributed by atoms with Gasteiger partial charge < -0.3 is 9.57 Å². The number of ketones is 2. The molecule has 2 rings (SSSR count). The lowest BCUT2D eigenvalue weighted by atomic mass is 9.97. The van der Waals surface area contributed by atoms with Gasteiger partial charge >= 0.3 is 5.97 Å². The van der Waals surface area contributed by atoms with Crippen molar-refractivity contribution in [3.05, 3.63) is 42.0 Å². The summed E-state index contributed by atoms with van der Waals surface area (Å²) < 4.78 is 5.28. The van der Waals surface area contributed by atoms with Crippen molar-refractivity contribution in [1.82, 2.24) is 0 Å². The number of carbonyl (C=O) groups excluding carboxylic acids is 3. The average Bonchev–Trinajstić information content (AvgIpc) is 2.60. The Bertz CT molecular complexity index is 844. The van der Waals surface area contributed by atoms with Gasteiger partial charge in [0.05, 0.1) is 12.4 Å². The predicted molar refractivity (Wildman–Crippen MR) is 92.8 cm³/mol. The number of methoxy groups -OCH3 is 1. The molecule has 0 bridgehead atoms. The summed E-state index contributed by atoms with van der Waals surface area (Å²) in [5, 5.41) is 4.65. The van der Waals surface area contributed by atoms with E-state index in [0.717, 1.165) is 12.3 Å². The summed E-state index contributed by atoms with van der Waals surface area (Å²) in [4.78, 5) is 40.2. The van der Waals surface area contributed by atoms with Gasteiger partial charge in [0.15, 0.2) is 11.5 Å². The average molecular weight is 392 g/mol. The predicted octanol–water partition coefficient (Wildman–Crippen LogP) is 2.91. The molecule has 0 amide bonds. The fourth-order valence-electron chi connectivity index (χ4n) is 2.17. The van der Waals surface area contributed by atoms with Crippen LogP contribution in [0, 0.1) is 0 Å². The molecule has 0 spiro atoms. The molecule has 0 aliphatic rings. The van der Waals surface area contributed by atoms with Crippen molar-refractivity contribution in [3.8, 4) is 5.75 Å². The van der Waals surface area contributed by atoms with E-state index >= 15 is 0 Å². The third kappa shape index (κ3) is 3.68. The Hall–Kier alpha value is -2.54. The molecule has 0 heterocycles. The van der Waals surface area contributed by atoms with E-state index in [1.165, 1.54) is 7.11 Å². The molecule has 0 aliphatic heterocycles. The molecule has 0 atom stereocenters. The van der Waals surface area contributed by atoms with Crippen molar-refractivity contribution in [2.75, 3.05) is 12.4 Å². The van der Waals surface area contributed by atoms with Crippen molar-refractivity contribution in [3.63, 3.8) is 0 Å². The minimum atomic E-state index is -0.720. The number of ether oxygens (including phenoxy) is 1. The molecule has 24 heavy (non-hydrogen) atoms. The summed E-state index contributed by atoms with van der Waals surface area (Å²) >= 11 is 2.99. The second-order valence-electron chi connectivity index (χ2n) is 4.77. The first kappa shape index (κ1) is 17.8. The van der Waals surface area contributed by atoms with Crippen LogP contribution in [-0.4, -0.2) is 35.7 Å². The largest absolute Gasteiger partial charge is 0.496 e. The zero-order valence-electron chi connectivity index (χ0n) is 13.0. The third-order valence-corrected chi connectivity index (χ3v) is 3.72. The van der Waals surface area contributed by atoms with Crippen LogP contribution < -0.4 is 4.74 Å². The molecule has 0 fully saturated rings. The Labute approximate surface area is 146 Å². The Kier molecular flexibility index (Phi) is 5.81. The van der Waals surface area contributed by atoms with Gasteiger partial charge in [-0.2, -0.15) is 0 Å². The molecule has 0 saturated carbocycles. The first-order chi connectivity index (χ1) is 11.5. The van der Waals surface area contributed by atoms with Gasteiger partial charge in [0.2, 0.25) is 5.78 Å². The van der Waals surface area contributed by atoms with Crippen molar-refractivity contribution in [2.45, 2.75) is 6.92 Å². The number of halogens is 1. The number of Topliss-reactive ketones (excluding diaryl/α,β-unsaturated/α-hetero) is 2. The molecule has 0 aliphatic carbocycles. The first-order valence-corrected chi connectivity index (χ1v) is 8.07. The number of nitrogens with zero attached hydrogens (tertiary/aromatic N) is 1. The minimum Gasteiger partial charge on any atom is -0.496 e. The topological polar surface area (TPSA) is 82.0 Å². The van der Waals surface area contributed by atoms with Crippen LogP contribution in [0.4, 0.5) is 0 Å². The fourth-order valence-corrected chi connectivity index (χ4v) is 2.43. The van der Waals surface area contributed by atoms with Crippen molar-refractivity contribution in [1.29, 1.82) is 0 Å². The number of oxime groups is 1. The highest BCUT2D eigenvalue weighted by Crippen LogP contribution is 2.28. The highest BCUT2D eigenvalue weighted by Gasteiger charge is 2.24. The standard InChI is InChI=1S/C17H14BrNO5/c1-10(20)24-19-16(14(21)9-18)17(22)13-7-8-15(23-2)12-6-4-3-5-11(12)13/h3-8H,9H2,1-2H3. The second kappa shape index (κ2) is 7.83. The fraction of sp³-hybridized carbons (Fsp3) is 0.176. The van der Waals surface area contributed by atoms with Crippen LogP contribution in [-0.2, 0) is 14.4 Å². The number of fused-ring (bicyclic) bond motifs is 1. The summed E-state index contributed by atoms with van der Waals surface area (Å²) in [7, 11) is 1.53. The maximum absolute atomic E-state index is 12.8. The van der Waals surface area contributed by atoms with Gasteiger partial charge in [0, 0.05) is 17.9 Å². The van der Waals surface area contributed by atoms with E-state index in [1.54, 1.807) is 30.3 Å². The molecule has 0 saturated heterocycles. The van der Waals surface area contributed by atoms with Gasteiger partial charge in [-0.25, -0.2) is 4.79 Å². The van der Waals surface area contributed by atoms with Gasteiger partial charge in [-0.15, -0.1) is 0 Å². The van der Waals surface area contributed by atoms with E-state index in [4.69, 9.17) is 4.74 Å². The van der Waals surface area contributed by atoms with Crippen LogP contribution in [0.15, 0.2) is 41.6 Å². The number of benzene rings is 2. The van der Waals surface area contributed by atoms with Gasteiger partial charge in [-0.1, -0.05) is 45.4 Å². The molecule has 0 aromatic heterocycles. The molecule has 2 aromatic carbocycles. The molecule has 2 aromatic rings. The Morgan fingerprint density at radius 1 is 1.08 bits per heavy atom. The van der Waals surface area contributed by atoms with Gasteiger partial charge in [-0.3, -0.25) is 9.59 Å². The lowest BCUT2D eigenvalue weighted by molar-refractivity contribution is -0.140. The quantitative estimate of drug-likeness (QED) is 0.189. The number of hydrogen-bond acceptors (Lipinski definition) is 6. The van der Waals surface area contributed by atoms with Crippen LogP contribution >= 0.6 is 15.9 Å². The molecule has 0 N–H and O–H groups in total. The Balaban J connectivity index is 2.58. The van der Waals surface area contributed by atoms with Crippen LogP contribution in [0.2, 0.25) is 0 Å². The molecule has 6 nitrogen and oxygen atoms in total. The van der Waals surface area contributed by atoms with Gasteiger partial charge in [0.1, 0.15) is 5.75 Å². The number of hydrogen-bond donors (Lipinski definition) is 0. The number of alkyl halides is 1. The summed E-state index contributed by atoms with van der Waals surface area (Å²) in [5.74, 6) is -1.32. The number of carbonyl (C=O) groups is 3. The van der Waals surface area contributed by atoms with E-state index < -0.39 is 23.2 Å². The summed E-state index contributed by atoms with van der Waals surface area (Å²) in [6.07, 6.45) is 0. The van der Waals surface area contributed by atoms with Crippen molar-refractivity contribution >= 4 is 49.9 Å². The molecular weight excluding hydrogens is 378 g/mol. The van der Waals surface area contributed by atoms with E-state index in [9.17, 15) is 14.4 Å². The van der Waals surface area contributed by atoms with Crippen molar-refractivity contribution < 1.29 is 24.0 Å². The first-order valence-electron chi connectivity index (χ1n) is 6.94. The maximum Gasteiger partial charge on any atom is 0.332 e. The summed E-state index contributed by atoms with van der Waals surface area (Å²) in [6.45, 7) is 1.13. The number of rotatable bonds is 6. The Morgan fingerprint density at radius 2 is 1.75 bits per heavy atom. The normalized spacial score (nSPS) is 11.2. The second-order valence-corrected chi connectivity index (χ2v) is 5.33.